The number of quaternary nitrogens is 1. The number of nitrogens with zero attached hydrogens (tertiary/aromatic N) is 1. The molecular formula is C35H65NO6. The summed E-state index contributed by atoms with van der Waals surface area (Å²) in [7, 11) is 0. The van der Waals surface area contributed by atoms with Gasteiger partial charge in [-0.15, -0.1) is 0 Å². The summed E-state index contributed by atoms with van der Waals surface area (Å²) in [4.78, 5) is 37.6. The van der Waals surface area contributed by atoms with Crippen molar-refractivity contribution in [1.82, 2.24) is 0 Å². The summed E-state index contributed by atoms with van der Waals surface area (Å²) in [5.41, 5.74) is 0. The third kappa shape index (κ3) is 15.5. The molecule has 0 saturated heterocycles. The molecule has 0 amide bonds. The first-order chi connectivity index (χ1) is 20.2. The van der Waals surface area contributed by atoms with Crippen molar-refractivity contribution in [1.29, 1.82) is 0 Å². The Morgan fingerprint density at radius 2 is 0.905 bits per heavy atom. The Bertz CT molecular complexity index is 677. The highest BCUT2D eigenvalue weighted by molar-refractivity contribution is 5.77. The molecule has 0 aliphatic heterocycles. The van der Waals surface area contributed by atoms with Crippen LogP contribution < -0.4 is 5.11 Å². The van der Waals surface area contributed by atoms with Gasteiger partial charge in [0.1, 0.15) is 6.04 Å². The van der Waals surface area contributed by atoms with Crippen molar-refractivity contribution in [3.8, 4) is 0 Å². The van der Waals surface area contributed by atoms with Gasteiger partial charge in [-0.25, -0.2) is 9.59 Å². The lowest BCUT2D eigenvalue weighted by Crippen LogP contribution is -2.74. The average Bonchev–Trinajstić information content (AvgIpc) is 2.95. The molecule has 0 fully saturated rings. The predicted octanol–water partition coefficient (Wildman–Crippen LogP) is 8.05. The number of aliphatic carboxylic acids is 3. The van der Waals surface area contributed by atoms with Crippen molar-refractivity contribution in [2.45, 2.75) is 187 Å². The van der Waals surface area contributed by atoms with Crippen LogP contribution in [0.1, 0.15) is 169 Å². The van der Waals surface area contributed by atoms with Gasteiger partial charge in [0.25, 0.3) is 0 Å². The lowest BCUT2D eigenvalue weighted by atomic mass is 9.91. The number of carboxylic acid groups (broad SMARTS) is 3. The molecule has 0 saturated carbocycles. The quantitative estimate of drug-likeness (QED) is 0.0493. The highest BCUT2D eigenvalue weighted by atomic mass is 16.4. The van der Waals surface area contributed by atoms with Crippen LogP contribution in [0.15, 0.2) is 12.2 Å². The first kappa shape index (κ1) is 40.1. The molecule has 0 aliphatic carbocycles. The van der Waals surface area contributed by atoms with Gasteiger partial charge in [-0.2, -0.15) is 0 Å². The predicted molar refractivity (Wildman–Crippen MR) is 170 cm³/mol. The molecule has 0 bridgehead atoms. The Hall–Kier alpha value is -1.89. The van der Waals surface area contributed by atoms with Gasteiger partial charge < -0.3 is 20.1 Å². The normalized spacial score (nSPS) is 15.3. The first-order valence-corrected chi connectivity index (χ1v) is 17.4. The summed E-state index contributed by atoms with van der Waals surface area (Å²) in [6.45, 7) is 8.06. The van der Waals surface area contributed by atoms with Crippen LogP contribution >= 0.6 is 0 Å². The van der Waals surface area contributed by atoms with E-state index in [0.29, 0.717) is 25.7 Å². The highest BCUT2D eigenvalue weighted by Gasteiger charge is 2.54. The molecule has 0 aromatic rings. The molecule has 0 radical (unpaired) electrons. The van der Waals surface area contributed by atoms with Crippen LogP contribution in [0.4, 0.5) is 0 Å². The fourth-order valence-corrected chi connectivity index (χ4v) is 6.62. The van der Waals surface area contributed by atoms with Crippen LogP contribution in [0, 0.1) is 0 Å². The van der Waals surface area contributed by atoms with Crippen molar-refractivity contribution < 1.29 is 34.2 Å². The van der Waals surface area contributed by atoms with Crippen LogP contribution in [0.2, 0.25) is 0 Å². The molecule has 0 aromatic carbocycles. The molecule has 0 aliphatic rings. The van der Waals surface area contributed by atoms with E-state index in [1.54, 1.807) is 0 Å². The number of allylic oxidation sites excluding steroid dienone is 2. The maximum atomic E-state index is 12.6. The first-order valence-electron chi connectivity index (χ1n) is 17.4. The Morgan fingerprint density at radius 3 is 1.26 bits per heavy atom. The van der Waals surface area contributed by atoms with Gasteiger partial charge in [0.05, 0.1) is 12.5 Å². The second-order valence-corrected chi connectivity index (χ2v) is 12.3. The Kier molecular flexibility index (Phi) is 24.4. The Morgan fingerprint density at radius 1 is 0.548 bits per heavy atom. The number of hydrogen-bond donors (Lipinski definition) is 2. The van der Waals surface area contributed by atoms with E-state index in [0.717, 1.165) is 32.1 Å². The Balaban J connectivity index is 4.93. The van der Waals surface area contributed by atoms with Crippen molar-refractivity contribution in [3.63, 3.8) is 0 Å². The van der Waals surface area contributed by atoms with Gasteiger partial charge in [-0.1, -0.05) is 110 Å². The summed E-state index contributed by atoms with van der Waals surface area (Å²) in [5.74, 6) is -3.56. The molecule has 3 atom stereocenters. The van der Waals surface area contributed by atoms with E-state index in [4.69, 9.17) is 0 Å². The fraction of sp³-hybridized carbons (Fsp3) is 0.857. The lowest BCUT2D eigenvalue weighted by molar-refractivity contribution is -0.975. The molecule has 0 aromatic heterocycles. The SMILES string of the molecule is CCCCCCCC/C=C/CCCCCCCCCC[N+](C(CCC)C(=O)[O-])(C(CCC)C(=O)O)C(CCC)C(=O)O. The number of carbonyl (C=O) groups is 3. The number of carboxylic acids is 3. The largest absolute Gasteiger partial charge is 0.544 e. The van der Waals surface area contributed by atoms with Gasteiger partial charge in [-0.05, 0) is 51.4 Å². The smallest absolute Gasteiger partial charge is 0.362 e. The van der Waals surface area contributed by atoms with Crippen LogP contribution in [0.3, 0.4) is 0 Å². The summed E-state index contributed by atoms with van der Waals surface area (Å²) >= 11 is 0. The topological polar surface area (TPSA) is 115 Å². The zero-order chi connectivity index (χ0) is 31.6. The average molecular weight is 596 g/mol. The van der Waals surface area contributed by atoms with Gasteiger partial charge in [-0.3, -0.25) is 4.48 Å². The summed E-state index contributed by atoms with van der Waals surface area (Å²) < 4.78 is -0.436. The van der Waals surface area contributed by atoms with Crippen LogP contribution in [-0.2, 0) is 14.4 Å². The third-order valence-electron chi connectivity index (χ3n) is 8.83. The Labute approximate surface area is 257 Å². The minimum atomic E-state index is -1.33. The van der Waals surface area contributed by atoms with Crippen LogP contribution in [-0.4, -0.2) is 57.3 Å². The molecule has 42 heavy (non-hydrogen) atoms. The lowest BCUT2D eigenvalue weighted by Gasteiger charge is -2.52. The molecule has 7 nitrogen and oxygen atoms in total. The maximum Gasteiger partial charge on any atom is 0.362 e. The van der Waals surface area contributed by atoms with E-state index in [2.05, 4.69) is 19.1 Å². The van der Waals surface area contributed by atoms with E-state index in [1.165, 1.54) is 64.2 Å². The number of carbonyl (C=O) groups excluding carboxylic acids is 1. The molecule has 0 rings (SSSR count). The van der Waals surface area contributed by atoms with Crippen molar-refractivity contribution in [2.24, 2.45) is 0 Å². The summed E-state index contributed by atoms with van der Waals surface area (Å²) in [6.07, 6.45) is 25.7. The highest BCUT2D eigenvalue weighted by Crippen LogP contribution is 2.34. The van der Waals surface area contributed by atoms with Crippen molar-refractivity contribution in [2.75, 3.05) is 6.54 Å². The van der Waals surface area contributed by atoms with E-state index in [-0.39, 0.29) is 25.8 Å². The molecule has 0 spiro atoms. The molecule has 2 N–H and O–H groups in total. The van der Waals surface area contributed by atoms with Crippen LogP contribution in [0.25, 0.3) is 0 Å². The molecule has 7 heteroatoms. The summed E-state index contributed by atoms with van der Waals surface area (Å²) in [6, 6.07) is -3.33. The van der Waals surface area contributed by atoms with Crippen molar-refractivity contribution >= 4 is 17.9 Å². The molecular weight excluding hydrogens is 530 g/mol. The van der Waals surface area contributed by atoms with Gasteiger partial charge >= 0.3 is 11.9 Å². The number of rotatable bonds is 30. The second-order valence-electron chi connectivity index (χ2n) is 12.3. The summed E-state index contributed by atoms with van der Waals surface area (Å²) in [5, 5.41) is 33.0. The number of hydrogen-bond acceptors (Lipinski definition) is 4. The van der Waals surface area contributed by atoms with Crippen LogP contribution in [0.5, 0.6) is 0 Å². The minimum Gasteiger partial charge on any atom is -0.544 e. The maximum absolute atomic E-state index is 12.6. The third-order valence-corrected chi connectivity index (χ3v) is 8.83. The standard InChI is InChI=1S/C35H65NO6/c1-5-9-10-11-12-13-14-15-16-17-18-19-20-21-22-23-24-25-29-36(30(26-6-2)33(37)38,31(27-7-3)34(39)40)32(28-8-4)35(41)42/h15-16,30-32H,5-14,17-29H2,1-4H3,(H2-,37,38,39,40,41,42)/b16-15+. The second kappa shape index (κ2) is 25.6. The van der Waals surface area contributed by atoms with E-state index >= 15 is 0 Å². The minimum absolute atomic E-state index is 0.206. The van der Waals surface area contributed by atoms with Gasteiger partial charge in [0.15, 0.2) is 12.1 Å². The van der Waals surface area contributed by atoms with E-state index in [1.807, 2.05) is 20.8 Å². The van der Waals surface area contributed by atoms with E-state index in [9.17, 15) is 29.7 Å². The number of unbranched alkanes of at least 4 members (excludes halogenated alkanes) is 14. The molecule has 3 unspecified atom stereocenters. The monoisotopic (exact) mass is 595 g/mol. The zero-order valence-electron chi connectivity index (χ0n) is 27.6. The zero-order valence-corrected chi connectivity index (χ0v) is 27.6. The van der Waals surface area contributed by atoms with E-state index < -0.39 is 40.5 Å². The van der Waals surface area contributed by atoms with Gasteiger partial charge in [0, 0.05) is 19.3 Å². The molecule has 246 valence electrons. The molecule has 0 heterocycles. The van der Waals surface area contributed by atoms with Gasteiger partial charge in [0.2, 0.25) is 0 Å². The van der Waals surface area contributed by atoms with Crippen molar-refractivity contribution in [3.05, 3.63) is 12.2 Å². The fourth-order valence-electron chi connectivity index (χ4n) is 6.62.